The van der Waals surface area contributed by atoms with E-state index in [9.17, 15) is 0 Å². The van der Waals surface area contributed by atoms with Crippen LogP contribution in [0.5, 0.6) is 0 Å². The van der Waals surface area contributed by atoms with Crippen LogP contribution < -0.4 is 0 Å². The summed E-state index contributed by atoms with van der Waals surface area (Å²) >= 11 is 18.7. The molecule has 3 rings (SSSR count). The largest absolute Gasteiger partial charge is 0.113 e. The predicted octanol–water partition coefficient (Wildman–Crippen LogP) is 6.20. The molecular weight excluding hydrogens is 311 g/mol. The minimum atomic E-state index is -0.210. The highest BCUT2D eigenvalue weighted by molar-refractivity contribution is 6.35. The van der Waals surface area contributed by atoms with Crippen LogP contribution in [-0.2, 0) is 12.8 Å². The van der Waals surface area contributed by atoms with Crippen molar-refractivity contribution in [1.82, 2.24) is 0 Å². The third-order valence-corrected chi connectivity index (χ3v) is 4.78. The highest BCUT2D eigenvalue weighted by Crippen LogP contribution is 2.34. The average Bonchev–Trinajstić information content (AvgIpc) is 2.45. The molecule has 0 saturated heterocycles. The van der Waals surface area contributed by atoms with Crippen LogP contribution >= 0.6 is 34.8 Å². The molecule has 0 aliphatic heterocycles. The Hall–Kier alpha value is -0.690. The number of benzene rings is 2. The van der Waals surface area contributed by atoms with Gasteiger partial charge in [-0.05, 0) is 66.1 Å². The number of fused-ring (bicyclic) bond motifs is 1. The van der Waals surface area contributed by atoms with Gasteiger partial charge in [-0.2, -0.15) is 0 Å². The molecule has 0 spiro atoms. The lowest BCUT2D eigenvalue weighted by atomic mass is 9.89. The van der Waals surface area contributed by atoms with Crippen molar-refractivity contribution in [2.45, 2.75) is 31.1 Å². The van der Waals surface area contributed by atoms with E-state index in [-0.39, 0.29) is 5.38 Å². The van der Waals surface area contributed by atoms with E-state index >= 15 is 0 Å². The lowest BCUT2D eigenvalue weighted by molar-refractivity contribution is 0.684. The Bertz CT molecular complexity index is 614. The van der Waals surface area contributed by atoms with E-state index in [0.29, 0.717) is 10.0 Å². The van der Waals surface area contributed by atoms with Crippen molar-refractivity contribution in [3.05, 3.63) is 68.7 Å². The van der Waals surface area contributed by atoms with Crippen molar-refractivity contribution in [1.29, 1.82) is 0 Å². The Labute approximate surface area is 134 Å². The second kappa shape index (κ2) is 5.97. The van der Waals surface area contributed by atoms with Gasteiger partial charge in [-0.25, -0.2) is 0 Å². The van der Waals surface area contributed by atoms with Gasteiger partial charge in [-0.3, -0.25) is 0 Å². The van der Waals surface area contributed by atoms with Gasteiger partial charge < -0.3 is 0 Å². The fraction of sp³-hybridized carbons (Fsp3) is 0.294. The van der Waals surface area contributed by atoms with Crippen LogP contribution in [0, 0.1) is 0 Å². The Balaban J connectivity index is 1.95. The minimum absolute atomic E-state index is 0.210. The second-order valence-electron chi connectivity index (χ2n) is 5.30. The zero-order valence-electron chi connectivity index (χ0n) is 11.0. The SMILES string of the molecule is Clc1cc(Cl)cc(C(Cl)c2ccc3c(c2)CCCC3)c1. The number of hydrogen-bond donors (Lipinski definition) is 0. The average molecular weight is 326 g/mol. The first-order valence-electron chi connectivity index (χ1n) is 6.85. The van der Waals surface area contributed by atoms with Gasteiger partial charge in [0.25, 0.3) is 0 Å². The van der Waals surface area contributed by atoms with E-state index in [1.807, 2.05) is 12.1 Å². The summed E-state index contributed by atoms with van der Waals surface area (Å²) < 4.78 is 0. The maximum absolute atomic E-state index is 6.60. The maximum Gasteiger partial charge on any atom is 0.0836 e. The Morgan fingerprint density at radius 1 is 0.750 bits per heavy atom. The van der Waals surface area contributed by atoms with Gasteiger partial charge in [0.2, 0.25) is 0 Å². The minimum Gasteiger partial charge on any atom is -0.113 e. The molecule has 0 heterocycles. The van der Waals surface area contributed by atoms with E-state index < -0.39 is 0 Å². The van der Waals surface area contributed by atoms with Gasteiger partial charge in [0.15, 0.2) is 0 Å². The van der Waals surface area contributed by atoms with Crippen molar-refractivity contribution in [3.63, 3.8) is 0 Å². The fourth-order valence-corrected chi connectivity index (χ4v) is 3.63. The van der Waals surface area contributed by atoms with Crippen molar-refractivity contribution >= 4 is 34.8 Å². The first kappa shape index (κ1) is 14.3. The summed E-state index contributed by atoms with van der Waals surface area (Å²) in [7, 11) is 0. The molecule has 1 unspecified atom stereocenters. The van der Waals surface area contributed by atoms with Crippen LogP contribution in [0.2, 0.25) is 10.0 Å². The van der Waals surface area contributed by atoms with Crippen LogP contribution in [0.1, 0.15) is 40.5 Å². The molecule has 1 aliphatic carbocycles. The van der Waals surface area contributed by atoms with Crippen LogP contribution in [0.15, 0.2) is 36.4 Å². The lowest BCUT2D eigenvalue weighted by Gasteiger charge is -2.19. The summed E-state index contributed by atoms with van der Waals surface area (Å²) in [6.07, 6.45) is 4.90. The van der Waals surface area contributed by atoms with Crippen molar-refractivity contribution in [2.75, 3.05) is 0 Å². The first-order valence-corrected chi connectivity index (χ1v) is 8.04. The first-order chi connectivity index (χ1) is 9.63. The zero-order chi connectivity index (χ0) is 14.1. The topological polar surface area (TPSA) is 0 Å². The monoisotopic (exact) mass is 324 g/mol. The summed E-state index contributed by atoms with van der Waals surface area (Å²) in [6, 6.07) is 12.1. The molecular formula is C17H15Cl3. The smallest absolute Gasteiger partial charge is 0.0836 e. The molecule has 2 aromatic rings. The molecule has 0 aromatic heterocycles. The van der Waals surface area contributed by atoms with E-state index in [2.05, 4.69) is 18.2 Å². The summed E-state index contributed by atoms with van der Waals surface area (Å²) in [4.78, 5) is 0. The highest BCUT2D eigenvalue weighted by atomic mass is 35.5. The third kappa shape index (κ3) is 2.98. The van der Waals surface area contributed by atoms with Gasteiger partial charge >= 0.3 is 0 Å². The molecule has 0 nitrogen and oxygen atoms in total. The molecule has 0 saturated carbocycles. The van der Waals surface area contributed by atoms with Crippen LogP contribution in [0.25, 0.3) is 0 Å². The number of alkyl halides is 1. The van der Waals surface area contributed by atoms with E-state index in [0.717, 1.165) is 17.5 Å². The molecule has 0 fully saturated rings. The standard InChI is InChI=1S/C17H15Cl3/c18-15-8-14(9-16(19)10-15)17(20)13-6-5-11-3-1-2-4-12(11)7-13/h5-10,17H,1-4H2. The predicted molar refractivity (Wildman–Crippen MR) is 87.2 cm³/mol. The van der Waals surface area contributed by atoms with Gasteiger partial charge in [-0.1, -0.05) is 41.4 Å². The normalized spacial score (nSPS) is 15.8. The van der Waals surface area contributed by atoms with Crippen LogP contribution in [0.4, 0.5) is 0 Å². The Kier molecular flexibility index (Phi) is 4.26. The van der Waals surface area contributed by atoms with Crippen molar-refractivity contribution in [2.24, 2.45) is 0 Å². The van der Waals surface area contributed by atoms with Crippen molar-refractivity contribution < 1.29 is 0 Å². The summed E-state index contributed by atoms with van der Waals surface area (Å²) in [6.45, 7) is 0. The molecule has 0 amide bonds. The van der Waals surface area contributed by atoms with Gasteiger partial charge in [0.1, 0.15) is 0 Å². The molecule has 1 atom stereocenters. The number of rotatable bonds is 2. The molecule has 0 radical (unpaired) electrons. The molecule has 1 aliphatic rings. The number of hydrogen-bond acceptors (Lipinski definition) is 0. The summed E-state index contributed by atoms with van der Waals surface area (Å²) in [5.41, 5.74) is 4.96. The third-order valence-electron chi connectivity index (χ3n) is 3.84. The van der Waals surface area contributed by atoms with Gasteiger partial charge in [0, 0.05) is 10.0 Å². The highest BCUT2D eigenvalue weighted by Gasteiger charge is 2.16. The molecule has 104 valence electrons. The number of halogens is 3. The lowest BCUT2D eigenvalue weighted by Crippen LogP contribution is -2.04. The maximum atomic E-state index is 6.60. The molecule has 20 heavy (non-hydrogen) atoms. The molecule has 0 N–H and O–H groups in total. The number of aryl methyl sites for hydroxylation is 2. The summed E-state index contributed by atoms with van der Waals surface area (Å²) in [5, 5.41) is 1.03. The van der Waals surface area contributed by atoms with E-state index in [4.69, 9.17) is 34.8 Å². The Morgan fingerprint density at radius 2 is 1.40 bits per heavy atom. The fourth-order valence-electron chi connectivity index (χ4n) is 2.82. The quantitative estimate of drug-likeness (QED) is 0.577. The van der Waals surface area contributed by atoms with Crippen LogP contribution in [0.3, 0.4) is 0 Å². The molecule has 3 heteroatoms. The molecule has 2 aromatic carbocycles. The van der Waals surface area contributed by atoms with Crippen LogP contribution in [-0.4, -0.2) is 0 Å². The van der Waals surface area contributed by atoms with Crippen molar-refractivity contribution in [3.8, 4) is 0 Å². The Morgan fingerprint density at radius 3 is 2.10 bits per heavy atom. The van der Waals surface area contributed by atoms with Gasteiger partial charge in [0.05, 0.1) is 5.38 Å². The van der Waals surface area contributed by atoms with E-state index in [1.165, 1.54) is 30.4 Å². The molecule has 0 bridgehead atoms. The van der Waals surface area contributed by atoms with E-state index in [1.54, 1.807) is 6.07 Å². The zero-order valence-corrected chi connectivity index (χ0v) is 13.3. The second-order valence-corrected chi connectivity index (χ2v) is 6.61. The summed E-state index contributed by atoms with van der Waals surface area (Å²) in [5.74, 6) is 0. The van der Waals surface area contributed by atoms with Gasteiger partial charge in [-0.15, -0.1) is 11.6 Å².